The second-order valence-electron chi connectivity index (χ2n) is 6.20. The smallest absolute Gasteiger partial charge is 0.115 e. The predicted octanol–water partition coefficient (Wildman–Crippen LogP) is 6.07. The molecule has 0 bridgehead atoms. The Labute approximate surface area is 144 Å². The minimum atomic E-state index is 0.228. The van der Waals surface area contributed by atoms with Gasteiger partial charge in [-0.3, -0.25) is 5.01 Å². The maximum Gasteiger partial charge on any atom is 0.115 e. The van der Waals surface area contributed by atoms with E-state index in [0.717, 1.165) is 11.3 Å². The lowest BCUT2D eigenvalue weighted by atomic mass is 10.2. The van der Waals surface area contributed by atoms with Gasteiger partial charge in [0.2, 0.25) is 0 Å². The van der Waals surface area contributed by atoms with Crippen LogP contribution in [-0.4, -0.2) is 23.9 Å². The van der Waals surface area contributed by atoms with E-state index in [0.29, 0.717) is 6.04 Å². The molecule has 0 radical (unpaired) electrons. The maximum absolute atomic E-state index is 5.48. The van der Waals surface area contributed by atoms with E-state index in [9.17, 15) is 0 Å². The number of hydrazone groups is 1. The third-order valence-electron chi connectivity index (χ3n) is 2.90. The molecule has 132 valence electrons. The minimum absolute atomic E-state index is 0.228. The monoisotopic (exact) mass is 320 g/mol. The fourth-order valence-electron chi connectivity index (χ4n) is 1.59. The van der Waals surface area contributed by atoms with Crippen molar-refractivity contribution in [1.82, 2.24) is 5.01 Å². The van der Waals surface area contributed by atoms with Gasteiger partial charge < -0.3 is 4.74 Å². The number of allylic oxidation sites excluding steroid dienone is 6. The Morgan fingerprint density at radius 1 is 1.04 bits per heavy atom. The molecule has 0 aromatic carbocycles. The Kier molecular flexibility index (Phi) is 13.0. The predicted molar refractivity (Wildman–Crippen MR) is 105 cm³/mol. The van der Waals surface area contributed by atoms with Crippen molar-refractivity contribution >= 4 is 6.72 Å². The van der Waals surface area contributed by atoms with Gasteiger partial charge in [-0.15, -0.1) is 0 Å². The van der Waals surface area contributed by atoms with Gasteiger partial charge in [-0.1, -0.05) is 23.8 Å². The van der Waals surface area contributed by atoms with E-state index < -0.39 is 0 Å². The van der Waals surface area contributed by atoms with E-state index in [2.05, 4.69) is 53.0 Å². The van der Waals surface area contributed by atoms with Crippen LogP contribution >= 0.6 is 0 Å². The van der Waals surface area contributed by atoms with Gasteiger partial charge in [0.15, 0.2) is 0 Å². The molecule has 0 aliphatic heterocycles. The quantitative estimate of drug-likeness (QED) is 0.246. The molecule has 0 saturated carbocycles. The Hall–Kier alpha value is -1.77. The van der Waals surface area contributed by atoms with Gasteiger partial charge in [-0.05, 0) is 74.5 Å². The molecular weight excluding hydrogens is 284 g/mol. The van der Waals surface area contributed by atoms with E-state index >= 15 is 0 Å². The molecule has 0 rings (SSSR count). The molecule has 0 amide bonds. The zero-order valence-corrected chi connectivity index (χ0v) is 16.6. The topological polar surface area (TPSA) is 24.8 Å². The Morgan fingerprint density at radius 3 is 1.78 bits per heavy atom. The molecule has 0 heterocycles. The van der Waals surface area contributed by atoms with Crippen LogP contribution in [0.5, 0.6) is 0 Å². The van der Waals surface area contributed by atoms with Crippen LogP contribution in [0.15, 0.2) is 52.5 Å². The van der Waals surface area contributed by atoms with Crippen LogP contribution in [-0.2, 0) is 4.74 Å². The number of rotatable bonds is 7. The van der Waals surface area contributed by atoms with Gasteiger partial charge in [0.25, 0.3) is 0 Å². The molecule has 3 heteroatoms. The van der Waals surface area contributed by atoms with E-state index in [1.165, 1.54) is 11.3 Å². The highest BCUT2D eigenvalue weighted by Gasteiger charge is 2.07. The van der Waals surface area contributed by atoms with Crippen molar-refractivity contribution < 1.29 is 4.74 Å². The average molecular weight is 321 g/mol. The summed E-state index contributed by atoms with van der Waals surface area (Å²) in [6.45, 7) is 25.7. The van der Waals surface area contributed by atoms with Crippen LogP contribution in [0, 0.1) is 0 Å². The van der Waals surface area contributed by atoms with E-state index in [-0.39, 0.29) is 6.10 Å². The lowest BCUT2D eigenvalue weighted by Crippen LogP contribution is -2.23. The van der Waals surface area contributed by atoms with E-state index in [4.69, 9.17) is 4.74 Å². The molecule has 0 aromatic heterocycles. The summed E-state index contributed by atoms with van der Waals surface area (Å²) in [6.07, 6.45) is 6.05. The first-order valence-electron chi connectivity index (χ1n) is 8.13. The van der Waals surface area contributed by atoms with Gasteiger partial charge in [-0.2, -0.15) is 5.10 Å². The van der Waals surface area contributed by atoms with Crippen molar-refractivity contribution in [3.05, 3.63) is 47.4 Å². The average Bonchev–Trinajstić information content (AvgIpc) is 2.43. The molecule has 23 heavy (non-hydrogen) atoms. The fraction of sp³-hybridized carbons (Fsp3) is 0.550. The molecule has 0 spiro atoms. The van der Waals surface area contributed by atoms with Crippen LogP contribution in [0.1, 0.15) is 62.3 Å². The van der Waals surface area contributed by atoms with Crippen LogP contribution in [0.2, 0.25) is 0 Å². The van der Waals surface area contributed by atoms with Gasteiger partial charge >= 0.3 is 0 Å². The SMILES string of the molecule is C=C(C)/C=C\C(=C/C)OC(C)C.C=NN(C(C)=C(C)C)C(C)C. The van der Waals surface area contributed by atoms with Crippen LogP contribution < -0.4 is 0 Å². The summed E-state index contributed by atoms with van der Waals surface area (Å²) in [6, 6.07) is 0.391. The summed E-state index contributed by atoms with van der Waals surface area (Å²) in [4.78, 5) is 0. The van der Waals surface area contributed by atoms with Crippen molar-refractivity contribution in [3.63, 3.8) is 0 Å². The highest BCUT2D eigenvalue weighted by atomic mass is 16.5. The van der Waals surface area contributed by atoms with Gasteiger partial charge in [0, 0.05) is 18.5 Å². The number of nitrogens with zero attached hydrogens (tertiary/aromatic N) is 2. The summed E-state index contributed by atoms with van der Waals surface area (Å²) in [5.41, 5.74) is 3.50. The van der Waals surface area contributed by atoms with Crippen molar-refractivity contribution in [2.45, 2.75) is 74.5 Å². The molecule has 3 nitrogen and oxygen atoms in total. The highest BCUT2D eigenvalue weighted by Crippen LogP contribution is 2.12. The number of ether oxygens (including phenoxy) is 1. The zero-order valence-electron chi connectivity index (χ0n) is 16.6. The van der Waals surface area contributed by atoms with Crippen LogP contribution in [0.4, 0.5) is 0 Å². The molecule has 0 atom stereocenters. The summed E-state index contributed by atoms with van der Waals surface area (Å²) in [5, 5.41) is 5.86. The third kappa shape index (κ3) is 12.5. The molecule has 0 saturated heterocycles. The normalized spacial score (nSPS) is 11.2. The van der Waals surface area contributed by atoms with Gasteiger partial charge in [0.1, 0.15) is 5.76 Å². The lowest BCUT2D eigenvalue weighted by Gasteiger charge is -2.24. The first kappa shape index (κ1) is 23.5. The summed E-state index contributed by atoms with van der Waals surface area (Å²) in [7, 11) is 0. The minimum Gasteiger partial charge on any atom is -0.491 e. The summed E-state index contributed by atoms with van der Waals surface area (Å²) in [5.74, 6) is 0.896. The Balaban J connectivity index is 0. The number of hydrogen-bond donors (Lipinski definition) is 0. The first-order valence-corrected chi connectivity index (χ1v) is 8.13. The standard InChI is InChI=1S/C11H18O.C9H18N2/c1-6-11(12-10(4)5)8-7-9(2)3;1-7(2)9(5)11(10-6)8(3)4/h6-8,10H,2H2,1,3-5H3;8H,6H2,1-5H3/b8-7-,11-6+;. The van der Waals surface area contributed by atoms with Gasteiger partial charge in [0.05, 0.1) is 6.10 Å². The number of hydrogen-bond acceptors (Lipinski definition) is 3. The summed E-state index contributed by atoms with van der Waals surface area (Å²) >= 11 is 0. The molecule has 0 aliphatic carbocycles. The van der Waals surface area contributed by atoms with E-state index in [1.54, 1.807) is 0 Å². The first-order chi connectivity index (χ1) is 10.6. The molecular formula is C20H36N2O. The molecule has 0 unspecified atom stereocenters. The highest BCUT2D eigenvalue weighted by molar-refractivity contribution is 5.24. The maximum atomic E-state index is 5.48. The second-order valence-corrected chi connectivity index (χ2v) is 6.20. The second kappa shape index (κ2) is 12.7. The van der Waals surface area contributed by atoms with Crippen molar-refractivity contribution in [2.75, 3.05) is 0 Å². The Morgan fingerprint density at radius 2 is 1.57 bits per heavy atom. The zero-order chi connectivity index (χ0) is 18.6. The Bertz CT molecular complexity index is 450. The molecule has 0 aromatic rings. The van der Waals surface area contributed by atoms with Crippen LogP contribution in [0.3, 0.4) is 0 Å². The van der Waals surface area contributed by atoms with Crippen LogP contribution in [0.25, 0.3) is 0 Å². The molecule has 0 fully saturated rings. The lowest BCUT2D eigenvalue weighted by molar-refractivity contribution is 0.157. The molecule has 0 aliphatic rings. The molecule has 0 N–H and O–H groups in total. The van der Waals surface area contributed by atoms with Crippen molar-refractivity contribution in [3.8, 4) is 0 Å². The van der Waals surface area contributed by atoms with Crippen molar-refractivity contribution in [1.29, 1.82) is 0 Å². The van der Waals surface area contributed by atoms with Crippen molar-refractivity contribution in [2.24, 2.45) is 5.10 Å². The third-order valence-corrected chi connectivity index (χ3v) is 2.90. The summed E-state index contributed by atoms with van der Waals surface area (Å²) < 4.78 is 5.48. The fourth-order valence-corrected chi connectivity index (χ4v) is 1.59. The van der Waals surface area contributed by atoms with E-state index in [1.807, 2.05) is 50.9 Å². The largest absolute Gasteiger partial charge is 0.491 e. The van der Waals surface area contributed by atoms with Gasteiger partial charge in [-0.25, -0.2) is 0 Å².